The van der Waals surface area contributed by atoms with Gasteiger partial charge in [-0.05, 0) is 24.6 Å². The third-order valence-electron chi connectivity index (χ3n) is 2.67. The first-order valence-electron chi connectivity index (χ1n) is 5.36. The molecule has 4 nitrogen and oxygen atoms in total. The zero-order valence-corrected chi connectivity index (χ0v) is 9.19. The van der Waals surface area contributed by atoms with Crippen LogP contribution in [0, 0.1) is 0 Å². The number of carbonyl (C=O) groups is 2. The van der Waals surface area contributed by atoms with Crippen molar-refractivity contribution in [1.82, 2.24) is 0 Å². The molecule has 1 N–H and O–H groups in total. The summed E-state index contributed by atoms with van der Waals surface area (Å²) in [6.07, 6.45) is 1.57. The number of piperidine rings is 1. The second-order valence-corrected chi connectivity index (χ2v) is 3.78. The molecule has 0 atom stereocenters. The predicted octanol–water partition coefficient (Wildman–Crippen LogP) is 1.77. The summed E-state index contributed by atoms with van der Waals surface area (Å²) in [5.41, 5.74) is 1.55. The molecule has 84 valence electrons. The van der Waals surface area contributed by atoms with Crippen LogP contribution in [0.2, 0.25) is 0 Å². The molecule has 1 heterocycles. The number of amides is 2. The molecule has 0 bridgehead atoms. The molecule has 1 fully saturated rings. The summed E-state index contributed by atoms with van der Waals surface area (Å²) in [5.74, 6) is -0.214. The topological polar surface area (TPSA) is 49.4 Å². The minimum absolute atomic E-state index is 0.107. The van der Waals surface area contributed by atoms with E-state index in [4.69, 9.17) is 0 Å². The number of nitrogens with one attached hydrogen (secondary N) is 1. The van der Waals surface area contributed by atoms with Crippen LogP contribution in [0.4, 0.5) is 11.4 Å². The van der Waals surface area contributed by atoms with E-state index >= 15 is 0 Å². The van der Waals surface area contributed by atoms with Crippen molar-refractivity contribution in [2.45, 2.75) is 19.3 Å². The third-order valence-corrected chi connectivity index (χ3v) is 2.67. The smallest absolute Gasteiger partial charge is 0.233 e. The average Bonchev–Trinajstić information content (AvgIpc) is 2.29. The fourth-order valence-corrected chi connectivity index (χ4v) is 1.84. The standard InChI is InChI=1S/C12H14N2O2/c1-13-9-4-2-5-10(8-9)14-11(15)6-3-7-12(14)16/h2,4-5,8,13H,3,6-7H2,1H3. The molecule has 1 aliphatic rings. The first kappa shape index (κ1) is 10.7. The number of imide groups is 1. The molecule has 0 saturated carbocycles. The molecule has 16 heavy (non-hydrogen) atoms. The van der Waals surface area contributed by atoms with E-state index in [0.717, 1.165) is 5.69 Å². The minimum atomic E-state index is -0.107. The van der Waals surface area contributed by atoms with Gasteiger partial charge in [0, 0.05) is 25.6 Å². The Bertz CT molecular complexity index is 413. The van der Waals surface area contributed by atoms with Crippen LogP contribution in [-0.2, 0) is 9.59 Å². The molecule has 1 aromatic carbocycles. The van der Waals surface area contributed by atoms with E-state index in [1.54, 1.807) is 19.2 Å². The maximum Gasteiger partial charge on any atom is 0.233 e. The monoisotopic (exact) mass is 218 g/mol. The highest BCUT2D eigenvalue weighted by Crippen LogP contribution is 2.24. The van der Waals surface area contributed by atoms with Gasteiger partial charge in [0.05, 0.1) is 5.69 Å². The minimum Gasteiger partial charge on any atom is -0.388 e. The Labute approximate surface area is 94.2 Å². The van der Waals surface area contributed by atoms with E-state index < -0.39 is 0 Å². The quantitative estimate of drug-likeness (QED) is 0.770. The summed E-state index contributed by atoms with van der Waals surface area (Å²) in [7, 11) is 1.80. The molecule has 0 aliphatic carbocycles. The molecule has 2 rings (SSSR count). The van der Waals surface area contributed by atoms with Crippen molar-refractivity contribution >= 4 is 23.2 Å². The van der Waals surface area contributed by atoms with Crippen molar-refractivity contribution in [3.63, 3.8) is 0 Å². The van der Waals surface area contributed by atoms with Gasteiger partial charge in [-0.1, -0.05) is 6.07 Å². The molecule has 1 saturated heterocycles. The number of carbonyl (C=O) groups excluding carboxylic acids is 2. The number of anilines is 2. The molecule has 4 heteroatoms. The van der Waals surface area contributed by atoms with E-state index in [1.165, 1.54) is 4.90 Å². The summed E-state index contributed by atoms with van der Waals surface area (Å²) in [6.45, 7) is 0. The van der Waals surface area contributed by atoms with Gasteiger partial charge in [0.1, 0.15) is 0 Å². The highest BCUT2D eigenvalue weighted by molar-refractivity contribution is 6.16. The molecule has 2 amide bonds. The lowest BCUT2D eigenvalue weighted by molar-refractivity contribution is -0.129. The Morgan fingerprint density at radius 3 is 2.50 bits per heavy atom. The van der Waals surface area contributed by atoms with E-state index in [2.05, 4.69) is 5.32 Å². The lowest BCUT2D eigenvalue weighted by Gasteiger charge is -2.25. The molecule has 0 radical (unpaired) electrons. The average molecular weight is 218 g/mol. The second-order valence-electron chi connectivity index (χ2n) is 3.78. The van der Waals surface area contributed by atoms with E-state index in [1.807, 2.05) is 12.1 Å². The highest BCUT2D eigenvalue weighted by Gasteiger charge is 2.27. The largest absolute Gasteiger partial charge is 0.388 e. The van der Waals surface area contributed by atoms with Crippen LogP contribution in [0.25, 0.3) is 0 Å². The summed E-state index contributed by atoms with van der Waals surface area (Å²) in [4.78, 5) is 24.7. The van der Waals surface area contributed by atoms with E-state index in [-0.39, 0.29) is 11.8 Å². The summed E-state index contributed by atoms with van der Waals surface area (Å²) in [5, 5.41) is 2.99. The van der Waals surface area contributed by atoms with E-state index in [0.29, 0.717) is 24.9 Å². The number of rotatable bonds is 2. The van der Waals surface area contributed by atoms with Crippen LogP contribution in [0.5, 0.6) is 0 Å². The number of hydrogen-bond acceptors (Lipinski definition) is 3. The van der Waals surface area contributed by atoms with Crippen LogP contribution in [0.3, 0.4) is 0 Å². The summed E-state index contributed by atoms with van der Waals surface area (Å²) >= 11 is 0. The molecule has 0 spiro atoms. The van der Waals surface area contributed by atoms with Crippen LogP contribution in [0.15, 0.2) is 24.3 Å². The number of hydrogen-bond donors (Lipinski definition) is 1. The Balaban J connectivity index is 2.33. The normalized spacial score (nSPS) is 16.4. The lowest BCUT2D eigenvalue weighted by Crippen LogP contribution is -2.40. The van der Waals surface area contributed by atoms with Gasteiger partial charge in [-0.3, -0.25) is 14.5 Å². The highest BCUT2D eigenvalue weighted by atomic mass is 16.2. The zero-order chi connectivity index (χ0) is 11.5. The third kappa shape index (κ3) is 1.91. The van der Waals surface area contributed by atoms with Gasteiger partial charge >= 0.3 is 0 Å². The fraction of sp³-hybridized carbons (Fsp3) is 0.333. The van der Waals surface area contributed by atoms with Crippen LogP contribution in [0.1, 0.15) is 19.3 Å². The maximum absolute atomic E-state index is 11.7. The SMILES string of the molecule is CNc1cccc(N2C(=O)CCCC2=O)c1. The summed E-state index contributed by atoms with van der Waals surface area (Å²) in [6, 6.07) is 7.31. The molecule has 1 aliphatic heterocycles. The molecule has 1 aromatic rings. The van der Waals surface area contributed by atoms with Crippen LogP contribution in [-0.4, -0.2) is 18.9 Å². The van der Waals surface area contributed by atoms with Gasteiger partial charge in [-0.25, -0.2) is 0 Å². The Morgan fingerprint density at radius 2 is 1.88 bits per heavy atom. The van der Waals surface area contributed by atoms with Crippen molar-refractivity contribution in [3.8, 4) is 0 Å². The van der Waals surface area contributed by atoms with Crippen molar-refractivity contribution < 1.29 is 9.59 Å². The van der Waals surface area contributed by atoms with Gasteiger partial charge in [0.25, 0.3) is 0 Å². The summed E-state index contributed by atoms with van der Waals surface area (Å²) < 4.78 is 0. The van der Waals surface area contributed by atoms with Gasteiger partial charge in [-0.15, -0.1) is 0 Å². The van der Waals surface area contributed by atoms with E-state index in [9.17, 15) is 9.59 Å². The van der Waals surface area contributed by atoms with Crippen molar-refractivity contribution in [1.29, 1.82) is 0 Å². The van der Waals surface area contributed by atoms with Crippen LogP contribution >= 0.6 is 0 Å². The lowest BCUT2D eigenvalue weighted by atomic mass is 10.1. The second kappa shape index (κ2) is 4.35. The molecular weight excluding hydrogens is 204 g/mol. The Hall–Kier alpha value is -1.84. The zero-order valence-electron chi connectivity index (χ0n) is 9.19. The van der Waals surface area contributed by atoms with Crippen LogP contribution < -0.4 is 10.2 Å². The van der Waals surface area contributed by atoms with Crippen molar-refractivity contribution in [2.75, 3.05) is 17.3 Å². The van der Waals surface area contributed by atoms with Crippen molar-refractivity contribution in [2.24, 2.45) is 0 Å². The predicted molar refractivity (Wildman–Crippen MR) is 62.3 cm³/mol. The maximum atomic E-state index is 11.7. The van der Waals surface area contributed by atoms with Gasteiger partial charge in [0.2, 0.25) is 11.8 Å². The molecular formula is C12H14N2O2. The molecule has 0 aromatic heterocycles. The Morgan fingerprint density at radius 1 is 1.19 bits per heavy atom. The Kier molecular flexibility index (Phi) is 2.90. The van der Waals surface area contributed by atoms with Crippen molar-refractivity contribution in [3.05, 3.63) is 24.3 Å². The first-order valence-corrected chi connectivity index (χ1v) is 5.36. The first-order chi connectivity index (χ1) is 7.72. The number of nitrogens with zero attached hydrogens (tertiary/aromatic N) is 1. The molecule has 0 unspecified atom stereocenters. The van der Waals surface area contributed by atoms with Gasteiger partial charge < -0.3 is 5.32 Å². The van der Waals surface area contributed by atoms with Gasteiger partial charge in [-0.2, -0.15) is 0 Å². The fourth-order valence-electron chi connectivity index (χ4n) is 1.84. The van der Waals surface area contributed by atoms with Gasteiger partial charge in [0.15, 0.2) is 0 Å². The number of benzene rings is 1.